The van der Waals surface area contributed by atoms with Crippen LogP contribution >= 0.6 is 23.2 Å². The minimum absolute atomic E-state index is 0.0168. The number of hydrogen-bond acceptors (Lipinski definition) is 9. The molecule has 1 amide bonds. The number of amides is 1. The maximum absolute atomic E-state index is 15.8. The number of pyridine rings is 1. The fraction of sp³-hybridized carbons (Fsp3) is 0.457. The predicted octanol–water partition coefficient (Wildman–Crippen LogP) is 8.23. The first-order chi connectivity index (χ1) is 23.3. The van der Waals surface area contributed by atoms with Crippen LogP contribution in [0, 0.1) is 17.0 Å². The van der Waals surface area contributed by atoms with Gasteiger partial charge in [-0.1, -0.05) is 23.2 Å². The molecule has 2 aromatic carbocycles. The molecular weight excluding hydrogens is 679 g/mol. The highest BCUT2D eigenvalue weighted by Gasteiger charge is 2.29. The quantitative estimate of drug-likeness (QED) is 0.213. The van der Waals surface area contributed by atoms with Crippen LogP contribution in [0.5, 0.6) is 11.5 Å². The molecule has 0 spiro atoms. The summed E-state index contributed by atoms with van der Waals surface area (Å²) in [5, 5.41) is 13.2. The van der Waals surface area contributed by atoms with Crippen molar-refractivity contribution in [3.05, 3.63) is 75.0 Å². The fourth-order valence-corrected chi connectivity index (χ4v) is 6.50. The summed E-state index contributed by atoms with van der Waals surface area (Å²) in [6, 6.07) is 5.55. The van der Waals surface area contributed by atoms with Gasteiger partial charge in [-0.05, 0) is 65.2 Å². The molecule has 49 heavy (non-hydrogen) atoms. The predicted molar refractivity (Wildman–Crippen MR) is 186 cm³/mol. The maximum Gasteiger partial charge on any atom is 0.410 e. The Labute approximate surface area is 295 Å². The Kier molecular flexibility index (Phi) is 11.4. The summed E-state index contributed by atoms with van der Waals surface area (Å²) in [4.78, 5) is 19.6. The minimum Gasteiger partial charge on any atom is -0.493 e. The molecule has 0 bridgehead atoms. The van der Waals surface area contributed by atoms with E-state index in [4.69, 9.17) is 42.1 Å². The van der Waals surface area contributed by atoms with Gasteiger partial charge < -0.3 is 34.1 Å². The Morgan fingerprint density at radius 1 is 1.04 bits per heavy atom. The molecule has 2 aliphatic heterocycles. The molecule has 3 heterocycles. The monoisotopic (exact) mass is 719 g/mol. The summed E-state index contributed by atoms with van der Waals surface area (Å²) < 4.78 is 54.8. The van der Waals surface area contributed by atoms with Gasteiger partial charge in [-0.3, -0.25) is 10.4 Å². The summed E-state index contributed by atoms with van der Waals surface area (Å²) in [5.41, 5.74) is 0.287. The van der Waals surface area contributed by atoms with E-state index in [1.165, 1.54) is 24.4 Å². The number of nitrogens with zero attached hydrogens (tertiary/aromatic N) is 3. The van der Waals surface area contributed by atoms with Crippen LogP contribution in [-0.4, -0.2) is 73.4 Å². The zero-order valence-electron chi connectivity index (χ0n) is 28.2. The average Bonchev–Trinajstić information content (AvgIpc) is 3.04. The van der Waals surface area contributed by atoms with Crippen molar-refractivity contribution in [3.8, 4) is 11.5 Å². The van der Waals surface area contributed by atoms with Gasteiger partial charge >= 0.3 is 6.09 Å². The van der Waals surface area contributed by atoms with Crippen molar-refractivity contribution in [1.82, 2.24) is 9.88 Å². The Bertz CT molecular complexity index is 1650. The zero-order valence-corrected chi connectivity index (χ0v) is 29.7. The SMILES string of the molecule is COc1cc(NC2CCCCO2)c(C(=N)c2cc(F)c(N3CCN(C(=O)OC(C)(C)C)CC3)c(F)c2)cc1O[C@H](C)c1c(Cl)cncc1Cl. The summed E-state index contributed by atoms with van der Waals surface area (Å²) in [6.45, 7) is 8.59. The maximum atomic E-state index is 15.8. The molecule has 0 aliphatic carbocycles. The van der Waals surface area contributed by atoms with Crippen LogP contribution in [0.2, 0.25) is 10.0 Å². The molecule has 1 unspecified atom stereocenters. The number of piperazine rings is 1. The summed E-state index contributed by atoms with van der Waals surface area (Å²) in [6.07, 6.45) is 4.11. The van der Waals surface area contributed by atoms with Gasteiger partial charge in [0, 0.05) is 73.6 Å². The lowest BCUT2D eigenvalue weighted by Crippen LogP contribution is -2.50. The van der Waals surface area contributed by atoms with Gasteiger partial charge in [0.1, 0.15) is 35.3 Å². The second-order valence-electron chi connectivity index (χ2n) is 12.9. The van der Waals surface area contributed by atoms with Gasteiger partial charge in [0.05, 0.1) is 22.9 Å². The lowest BCUT2D eigenvalue weighted by atomic mass is 9.98. The first-order valence-corrected chi connectivity index (χ1v) is 16.9. The number of rotatable bonds is 9. The van der Waals surface area contributed by atoms with Crippen LogP contribution < -0.4 is 19.7 Å². The van der Waals surface area contributed by atoms with Gasteiger partial charge in [0.2, 0.25) is 0 Å². The van der Waals surface area contributed by atoms with Crippen LogP contribution in [-0.2, 0) is 9.47 Å². The van der Waals surface area contributed by atoms with Crippen molar-refractivity contribution in [3.63, 3.8) is 0 Å². The van der Waals surface area contributed by atoms with E-state index in [0.717, 1.165) is 31.4 Å². The second kappa shape index (κ2) is 15.3. The molecular formula is C35H41Cl2F2N5O5. The second-order valence-corrected chi connectivity index (χ2v) is 13.8. The molecule has 0 saturated carbocycles. The number of ether oxygens (including phenoxy) is 4. The highest BCUT2D eigenvalue weighted by atomic mass is 35.5. The van der Waals surface area contributed by atoms with E-state index >= 15 is 8.78 Å². The van der Waals surface area contributed by atoms with E-state index < -0.39 is 29.4 Å². The number of hydrogen-bond donors (Lipinski definition) is 2. The third-order valence-electron chi connectivity index (χ3n) is 8.22. The van der Waals surface area contributed by atoms with Crippen molar-refractivity contribution >= 4 is 46.4 Å². The number of anilines is 2. The number of nitrogens with one attached hydrogen (secondary N) is 2. The minimum atomic E-state index is -0.823. The number of carbonyl (C=O) groups is 1. The first kappa shape index (κ1) is 36.4. The molecule has 0 radical (unpaired) electrons. The van der Waals surface area contributed by atoms with E-state index in [1.807, 2.05) is 0 Å². The standard InChI is InChI=1S/C35H41Cl2F2N5O5/c1-20(31-23(36)18-41-19-24(31)37)48-29-16-22(27(17-28(29)46-5)42-30-8-6-7-13-47-30)32(40)21-14-25(38)33(26(39)15-21)43-9-11-44(12-10-43)34(45)49-35(2,3)4/h14-20,30,40,42H,6-13H2,1-5H3/t20-,30?/m1/s1. The molecule has 2 aliphatic rings. The van der Waals surface area contributed by atoms with Crippen LogP contribution in [0.1, 0.15) is 69.8 Å². The molecule has 14 heteroatoms. The van der Waals surface area contributed by atoms with Gasteiger partial charge in [0.15, 0.2) is 11.5 Å². The van der Waals surface area contributed by atoms with Crippen molar-refractivity contribution in [1.29, 1.82) is 5.41 Å². The zero-order chi connectivity index (χ0) is 35.5. The normalized spacial score (nSPS) is 17.4. The van der Waals surface area contributed by atoms with E-state index in [1.54, 1.807) is 44.7 Å². The number of carbonyl (C=O) groups excluding carboxylic acids is 1. The summed E-state index contributed by atoms with van der Waals surface area (Å²) in [7, 11) is 1.49. The molecule has 264 valence electrons. The molecule has 2 saturated heterocycles. The fourth-order valence-electron chi connectivity index (χ4n) is 5.83. The number of benzene rings is 2. The summed E-state index contributed by atoms with van der Waals surface area (Å²) in [5.74, 6) is -1.04. The van der Waals surface area contributed by atoms with Crippen molar-refractivity contribution in [2.45, 2.75) is 64.9 Å². The largest absolute Gasteiger partial charge is 0.493 e. The lowest BCUT2D eigenvalue weighted by Gasteiger charge is -2.37. The van der Waals surface area contributed by atoms with Crippen LogP contribution in [0.3, 0.4) is 0 Å². The Balaban J connectivity index is 1.45. The third-order valence-corrected chi connectivity index (χ3v) is 8.83. The molecule has 2 fully saturated rings. The lowest BCUT2D eigenvalue weighted by molar-refractivity contribution is 0.0240. The molecule has 5 rings (SSSR count). The van der Waals surface area contributed by atoms with Crippen molar-refractivity contribution in [2.75, 3.05) is 50.1 Å². The van der Waals surface area contributed by atoms with Gasteiger partial charge in [-0.25, -0.2) is 13.6 Å². The Morgan fingerprint density at radius 2 is 1.69 bits per heavy atom. The molecule has 2 N–H and O–H groups in total. The molecule has 3 aromatic rings. The molecule has 2 atom stereocenters. The highest BCUT2D eigenvalue weighted by molar-refractivity contribution is 6.35. The first-order valence-electron chi connectivity index (χ1n) is 16.1. The topological polar surface area (TPSA) is 109 Å². The van der Waals surface area contributed by atoms with E-state index in [-0.39, 0.29) is 55.1 Å². The van der Waals surface area contributed by atoms with Gasteiger partial charge in [-0.15, -0.1) is 0 Å². The van der Waals surface area contributed by atoms with Crippen molar-refractivity contribution < 1.29 is 32.5 Å². The molecule has 1 aromatic heterocycles. The van der Waals surface area contributed by atoms with E-state index in [0.29, 0.717) is 39.2 Å². The Morgan fingerprint density at radius 3 is 2.27 bits per heavy atom. The van der Waals surface area contributed by atoms with Crippen LogP contribution in [0.25, 0.3) is 0 Å². The Hall–Kier alpha value is -3.87. The van der Waals surface area contributed by atoms with Gasteiger partial charge in [0.25, 0.3) is 0 Å². The van der Waals surface area contributed by atoms with Crippen LogP contribution in [0.4, 0.5) is 25.0 Å². The number of methoxy groups -OCH3 is 1. The van der Waals surface area contributed by atoms with Crippen LogP contribution in [0.15, 0.2) is 36.7 Å². The smallest absolute Gasteiger partial charge is 0.410 e. The van der Waals surface area contributed by atoms with E-state index in [9.17, 15) is 10.2 Å². The van der Waals surface area contributed by atoms with Gasteiger partial charge in [-0.2, -0.15) is 0 Å². The third kappa shape index (κ3) is 8.66. The number of halogens is 4. The average molecular weight is 721 g/mol. The van der Waals surface area contributed by atoms with Crippen molar-refractivity contribution in [2.24, 2.45) is 0 Å². The number of aromatic nitrogens is 1. The highest BCUT2D eigenvalue weighted by Crippen LogP contribution is 2.40. The molecule has 10 nitrogen and oxygen atoms in total. The summed E-state index contributed by atoms with van der Waals surface area (Å²) >= 11 is 12.8. The van der Waals surface area contributed by atoms with E-state index in [2.05, 4.69) is 10.3 Å².